The van der Waals surface area contributed by atoms with E-state index in [1.165, 1.54) is 0 Å². The van der Waals surface area contributed by atoms with Crippen LogP contribution in [0.2, 0.25) is 5.02 Å². The van der Waals surface area contributed by atoms with Gasteiger partial charge in [0.05, 0.1) is 4.92 Å². The van der Waals surface area contributed by atoms with Crippen molar-refractivity contribution in [1.29, 1.82) is 0 Å². The average Bonchev–Trinajstić information content (AvgIpc) is 3.00. The van der Waals surface area contributed by atoms with Gasteiger partial charge in [-0.2, -0.15) is 0 Å². The predicted molar refractivity (Wildman–Crippen MR) is 92.7 cm³/mol. The quantitative estimate of drug-likeness (QED) is 0.625. The Hall–Kier alpha value is -2.15. The van der Waals surface area contributed by atoms with E-state index in [2.05, 4.69) is 10.2 Å². The second-order valence-electron chi connectivity index (χ2n) is 6.13. The molecule has 128 valence electrons. The van der Waals surface area contributed by atoms with E-state index in [0.29, 0.717) is 23.7 Å². The number of nitro benzene ring substituents is 1. The summed E-state index contributed by atoms with van der Waals surface area (Å²) in [4.78, 5) is 13.2. The number of hydrogen-bond donors (Lipinski definition) is 0. The molecule has 1 aromatic heterocycles. The summed E-state index contributed by atoms with van der Waals surface area (Å²) in [6, 6.07) is 3.33. The third-order valence-electron chi connectivity index (χ3n) is 4.59. The Morgan fingerprint density at radius 1 is 1.46 bits per heavy atom. The highest BCUT2D eigenvalue weighted by Gasteiger charge is 2.29. The van der Waals surface area contributed by atoms with Gasteiger partial charge in [0.15, 0.2) is 0 Å². The Bertz CT molecular complexity index is 761. The normalized spacial score (nSPS) is 18.0. The predicted octanol–water partition coefficient (Wildman–Crippen LogP) is 3.32. The second-order valence-corrected chi connectivity index (χ2v) is 6.54. The summed E-state index contributed by atoms with van der Waals surface area (Å²) >= 11 is 6.31. The van der Waals surface area contributed by atoms with Crippen LogP contribution < -0.4 is 4.90 Å². The smallest absolute Gasteiger partial charge is 0.292 e. The van der Waals surface area contributed by atoms with Gasteiger partial charge in [0, 0.05) is 37.1 Å². The minimum atomic E-state index is -0.323. The highest BCUT2D eigenvalue weighted by atomic mass is 35.5. The Morgan fingerprint density at radius 3 is 2.88 bits per heavy atom. The Labute approximate surface area is 145 Å². The highest BCUT2D eigenvalue weighted by molar-refractivity contribution is 6.31. The number of nitrogens with zero attached hydrogens (tertiary/aromatic N) is 5. The fourth-order valence-corrected chi connectivity index (χ4v) is 3.63. The lowest BCUT2D eigenvalue weighted by Gasteiger charge is -2.33. The molecule has 2 aromatic rings. The molecule has 0 radical (unpaired) electrons. The first-order valence-electron chi connectivity index (χ1n) is 8.07. The molecule has 1 aliphatic rings. The summed E-state index contributed by atoms with van der Waals surface area (Å²) in [5, 5.41) is 20.2. The summed E-state index contributed by atoms with van der Waals surface area (Å²) in [6.07, 6.45) is 4.30. The van der Waals surface area contributed by atoms with Crippen LogP contribution >= 0.6 is 11.6 Å². The molecular weight excluding hydrogens is 330 g/mol. The van der Waals surface area contributed by atoms with Crippen molar-refractivity contribution < 1.29 is 4.92 Å². The maximum atomic E-state index is 11.5. The van der Waals surface area contributed by atoms with Gasteiger partial charge in [0.25, 0.3) is 5.69 Å². The van der Waals surface area contributed by atoms with Crippen molar-refractivity contribution in [3.8, 4) is 0 Å². The fraction of sp³-hybridized carbons (Fsp3) is 0.500. The molecule has 1 aromatic carbocycles. The molecule has 1 aliphatic heterocycles. The Morgan fingerprint density at radius 2 is 2.25 bits per heavy atom. The molecule has 0 saturated carbocycles. The van der Waals surface area contributed by atoms with Gasteiger partial charge >= 0.3 is 0 Å². The topological polar surface area (TPSA) is 77.1 Å². The van der Waals surface area contributed by atoms with Crippen LogP contribution in [0.5, 0.6) is 0 Å². The van der Waals surface area contributed by atoms with Crippen molar-refractivity contribution in [2.24, 2.45) is 7.05 Å². The third kappa shape index (κ3) is 3.08. The largest absolute Gasteiger partial charge is 0.365 e. The molecule has 24 heavy (non-hydrogen) atoms. The van der Waals surface area contributed by atoms with Gasteiger partial charge in [0.2, 0.25) is 0 Å². The molecule has 2 heterocycles. The summed E-state index contributed by atoms with van der Waals surface area (Å²) < 4.78 is 1.91. The minimum Gasteiger partial charge on any atom is -0.365 e. The molecule has 0 bridgehead atoms. The van der Waals surface area contributed by atoms with Crippen molar-refractivity contribution in [3.63, 3.8) is 0 Å². The number of halogens is 1. The SMILES string of the molecule is CCc1cc([N+](=O)[O-])c(N2CCCC(c3nncn3C)C2)cc1Cl. The van der Waals surface area contributed by atoms with Gasteiger partial charge in [0.1, 0.15) is 17.8 Å². The zero-order valence-corrected chi connectivity index (χ0v) is 14.5. The zero-order valence-electron chi connectivity index (χ0n) is 13.8. The second kappa shape index (κ2) is 6.76. The molecule has 0 amide bonds. The molecule has 1 atom stereocenters. The van der Waals surface area contributed by atoms with Gasteiger partial charge < -0.3 is 9.47 Å². The standard InChI is InChI=1S/C16H20ClN5O2/c1-3-11-7-15(22(23)24)14(8-13(11)17)21-6-4-5-12(9-21)16-19-18-10-20(16)2/h7-8,10,12H,3-6,9H2,1-2H3. The Balaban J connectivity index is 1.94. The first-order chi connectivity index (χ1) is 11.5. The average molecular weight is 350 g/mol. The summed E-state index contributed by atoms with van der Waals surface area (Å²) in [7, 11) is 1.92. The molecule has 1 saturated heterocycles. The lowest BCUT2D eigenvalue weighted by atomic mass is 9.96. The molecule has 1 unspecified atom stereocenters. The lowest BCUT2D eigenvalue weighted by molar-refractivity contribution is -0.384. The van der Waals surface area contributed by atoms with Gasteiger partial charge in [-0.1, -0.05) is 18.5 Å². The molecule has 3 rings (SSSR count). The number of nitro groups is 1. The summed E-state index contributed by atoms with van der Waals surface area (Å²) in [5.41, 5.74) is 1.51. The van der Waals surface area contributed by atoms with E-state index >= 15 is 0 Å². The van der Waals surface area contributed by atoms with Crippen molar-refractivity contribution >= 4 is 23.0 Å². The van der Waals surface area contributed by atoms with Crippen molar-refractivity contribution in [2.45, 2.75) is 32.1 Å². The maximum Gasteiger partial charge on any atom is 0.292 e. The monoisotopic (exact) mass is 349 g/mol. The Kier molecular flexibility index (Phi) is 4.71. The van der Waals surface area contributed by atoms with Crippen LogP contribution in [-0.4, -0.2) is 32.8 Å². The first kappa shape index (κ1) is 16.7. The molecular formula is C16H20ClN5O2. The zero-order chi connectivity index (χ0) is 17.3. The van der Waals surface area contributed by atoms with E-state index in [0.717, 1.165) is 30.8 Å². The van der Waals surface area contributed by atoms with E-state index in [9.17, 15) is 10.1 Å². The van der Waals surface area contributed by atoms with Crippen molar-refractivity contribution in [3.05, 3.63) is 45.0 Å². The summed E-state index contributed by atoms with van der Waals surface area (Å²) in [5.74, 6) is 1.12. The highest BCUT2D eigenvalue weighted by Crippen LogP contribution is 2.37. The molecule has 7 nitrogen and oxygen atoms in total. The van der Waals surface area contributed by atoms with Crippen LogP contribution in [0.25, 0.3) is 0 Å². The van der Waals surface area contributed by atoms with Crippen LogP contribution in [-0.2, 0) is 13.5 Å². The number of aromatic nitrogens is 3. The number of benzene rings is 1. The van der Waals surface area contributed by atoms with Crippen LogP contribution in [0.3, 0.4) is 0 Å². The number of rotatable bonds is 4. The van der Waals surface area contributed by atoms with E-state index < -0.39 is 0 Å². The first-order valence-corrected chi connectivity index (χ1v) is 8.44. The molecule has 0 N–H and O–H groups in total. The van der Waals surface area contributed by atoms with Crippen molar-refractivity contribution in [2.75, 3.05) is 18.0 Å². The molecule has 1 fully saturated rings. The van der Waals surface area contributed by atoms with E-state index in [-0.39, 0.29) is 16.5 Å². The van der Waals surface area contributed by atoms with Crippen LogP contribution in [0.4, 0.5) is 11.4 Å². The van der Waals surface area contributed by atoms with Crippen molar-refractivity contribution in [1.82, 2.24) is 14.8 Å². The van der Waals surface area contributed by atoms with Crippen LogP contribution in [0.1, 0.15) is 37.1 Å². The molecule has 0 aliphatic carbocycles. The third-order valence-corrected chi connectivity index (χ3v) is 4.95. The lowest BCUT2D eigenvalue weighted by Crippen LogP contribution is -2.35. The van der Waals surface area contributed by atoms with E-state index in [1.54, 1.807) is 18.5 Å². The minimum absolute atomic E-state index is 0.120. The van der Waals surface area contributed by atoms with Gasteiger partial charge in [-0.15, -0.1) is 10.2 Å². The number of anilines is 1. The molecule has 0 spiro atoms. The van der Waals surface area contributed by atoms with Crippen LogP contribution in [0.15, 0.2) is 18.5 Å². The van der Waals surface area contributed by atoms with Crippen LogP contribution in [0, 0.1) is 10.1 Å². The van der Waals surface area contributed by atoms with Gasteiger partial charge in [-0.25, -0.2) is 0 Å². The maximum absolute atomic E-state index is 11.5. The van der Waals surface area contributed by atoms with E-state index in [4.69, 9.17) is 11.6 Å². The fourth-order valence-electron chi connectivity index (χ4n) is 3.33. The molecule has 8 heteroatoms. The number of aryl methyl sites for hydroxylation is 2. The summed E-state index contributed by atoms with van der Waals surface area (Å²) in [6.45, 7) is 3.39. The number of piperidine rings is 1. The van der Waals surface area contributed by atoms with E-state index in [1.807, 2.05) is 23.4 Å². The van der Waals surface area contributed by atoms with Gasteiger partial charge in [-0.3, -0.25) is 10.1 Å². The van der Waals surface area contributed by atoms with Gasteiger partial charge in [-0.05, 0) is 30.9 Å². The number of hydrogen-bond acceptors (Lipinski definition) is 5.